The molecule has 29 heavy (non-hydrogen) atoms. The average Bonchev–Trinajstić information content (AvgIpc) is 3.48. The number of hydrogen-bond acceptors (Lipinski definition) is 5. The van der Waals surface area contributed by atoms with E-state index in [9.17, 15) is 14.0 Å². The van der Waals surface area contributed by atoms with Gasteiger partial charge in [0, 0.05) is 13.0 Å². The van der Waals surface area contributed by atoms with Gasteiger partial charge in [0.05, 0.1) is 37.2 Å². The Labute approximate surface area is 166 Å². The number of amides is 2. The lowest BCUT2D eigenvalue weighted by Gasteiger charge is -2.23. The molecule has 1 fully saturated rings. The molecule has 1 N–H and O–H groups in total. The molecule has 3 aromatic rings. The standard InChI is InChI=1S/C20H20FN5O3/c21-16-8-17(26(10-16)20(28)15-6-7-29-13-15)11-25-12-18(23-24-25)19(27)22-9-14-4-2-1-3-5-14/h1-7,12-13,16-17H,8-11H2,(H,22,27)/t16-,17-/m0/s1. The molecular weight excluding hydrogens is 377 g/mol. The minimum atomic E-state index is -1.10. The van der Waals surface area contributed by atoms with E-state index in [2.05, 4.69) is 15.6 Å². The number of carbonyl (C=O) groups is 2. The molecule has 150 valence electrons. The van der Waals surface area contributed by atoms with Crippen LogP contribution < -0.4 is 5.32 Å². The first-order chi connectivity index (χ1) is 14.1. The minimum Gasteiger partial charge on any atom is -0.472 e. The molecule has 1 saturated heterocycles. The summed E-state index contributed by atoms with van der Waals surface area (Å²) in [7, 11) is 0. The maximum atomic E-state index is 14.0. The third-order valence-corrected chi connectivity index (χ3v) is 4.86. The molecule has 0 spiro atoms. The summed E-state index contributed by atoms with van der Waals surface area (Å²) in [5, 5.41) is 10.6. The van der Waals surface area contributed by atoms with E-state index in [0.29, 0.717) is 12.1 Å². The lowest BCUT2D eigenvalue weighted by atomic mass is 10.2. The molecule has 2 amide bonds. The number of alkyl halides is 1. The first-order valence-corrected chi connectivity index (χ1v) is 9.29. The molecule has 1 aliphatic rings. The summed E-state index contributed by atoms with van der Waals surface area (Å²) in [4.78, 5) is 26.3. The van der Waals surface area contributed by atoms with E-state index < -0.39 is 6.17 Å². The first kappa shape index (κ1) is 18.9. The number of benzene rings is 1. The highest BCUT2D eigenvalue weighted by Gasteiger charge is 2.36. The SMILES string of the molecule is O=C(NCc1ccccc1)c1cn(C[C@@H]2C[C@H](F)CN2C(=O)c2ccoc2)nn1. The van der Waals surface area contributed by atoms with Crippen molar-refractivity contribution in [2.45, 2.75) is 31.7 Å². The van der Waals surface area contributed by atoms with Crippen molar-refractivity contribution in [3.8, 4) is 0 Å². The second-order valence-corrected chi connectivity index (χ2v) is 6.95. The smallest absolute Gasteiger partial charge is 0.273 e. The number of nitrogens with zero attached hydrogens (tertiary/aromatic N) is 4. The Balaban J connectivity index is 1.38. The third-order valence-electron chi connectivity index (χ3n) is 4.86. The van der Waals surface area contributed by atoms with Gasteiger partial charge in [-0.1, -0.05) is 35.5 Å². The second-order valence-electron chi connectivity index (χ2n) is 6.95. The van der Waals surface area contributed by atoms with Crippen LogP contribution >= 0.6 is 0 Å². The molecule has 2 atom stereocenters. The van der Waals surface area contributed by atoms with Crippen LogP contribution in [-0.4, -0.2) is 50.5 Å². The number of carbonyl (C=O) groups excluding carboxylic acids is 2. The number of nitrogens with one attached hydrogen (secondary N) is 1. The number of aromatic nitrogens is 3. The van der Waals surface area contributed by atoms with Crippen molar-refractivity contribution in [2.24, 2.45) is 0 Å². The number of likely N-dealkylation sites (tertiary alicyclic amines) is 1. The Bertz CT molecular complexity index is 973. The van der Waals surface area contributed by atoms with Gasteiger partial charge in [0.1, 0.15) is 12.4 Å². The Kier molecular flexibility index (Phi) is 5.37. The number of rotatable bonds is 6. The van der Waals surface area contributed by atoms with Crippen molar-refractivity contribution >= 4 is 11.8 Å². The molecule has 0 aliphatic carbocycles. The van der Waals surface area contributed by atoms with Crippen LogP contribution in [0.2, 0.25) is 0 Å². The van der Waals surface area contributed by atoms with Crippen molar-refractivity contribution < 1.29 is 18.4 Å². The Morgan fingerprint density at radius 1 is 1.24 bits per heavy atom. The summed E-state index contributed by atoms with van der Waals surface area (Å²) in [5.74, 6) is -0.633. The fraction of sp³-hybridized carbons (Fsp3) is 0.300. The lowest BCUT2D eigenvalue weighted by molar-refractivity contribution is 0.0713. The zero-order valence-electron chi connectivity index (χ0n) is 15.6. The Morgan fingerprint density at radius 2 is 2.07 bits per heavy atom. The van der Waals surface area contributed by atoms with Crippen LogP contribution in [-0.2, 0) is 13.1 Å². The Morgan fingerprint density at radius 3 is 2.83 bits per heavy atom. The molecule has 3 heterocycles. The summed E-state index contributed by atoms with van der Waals surface area (Å²) in [6.07, 6.45) is 3.36. The van der Waals surface area contributed by atoms with Crippen LogP contribution in [0, 0.1) is 0 Å². The van der Waals surface area contributed by atoms with Gasteiger partial charge in [0.25, 0.3) is 11.8 Å². The molecule has 4 rings (SSSR count). The molecule has 9 heteroatoms. The molecular formula is C20H20FN5O3. The van der Waals surface area contributed by atoms with Gasteiger partial charge < -0.3 is 14.6 Å². The molecule has 8 nitrogen and oxygen atoms in total. The zero-order valence-corrected chi connectivity index (χ0v) is 15.6. The fourth-order valence-electron chi connectivity index (χ4n) is 3.41. The molecule has 0 unspecified atom stereocenters. The van der Waals surface area contributed by atoms with Crippen LogP contribution in [0.3, 0.4) is 0 Å². The summed E-state index contributed by atoms with van der Waals surface area (Å²) in [6, 6.07) is 10.7. The van der Waals surface area contributed by atoms with Gasteiger partial charge >= 0.3 is 0 Å². The van der Waals surface area contributed by atoms with Crippen LogP contribution in [0.25, 0.3) is 0 Å². The zero-order chi connectivity index (χ0) is 20.2. The summed E-state index contributed by atoms with van der Waals surface area (Å²) in [6.45, 7) is 0.655. The normalized spacial score (nSPS) is 18.7. The van der Waals surface area contributed by atoms with Crippen molar-refractivity contribution in [3.05, 3.63) is 71.9 Å². The topological polar surface area (TPSA) is 93.3 Å². The molecule has 0 saturated carbocycles. The van der Waals surface area contributed by atoms with E-state index in [1.54, 1.807) is 6.07 Å². The van der Waals surface area contributed by atoms with Gasteiger partial charge in [-0.05, 0) is 11.6 Å². The summed E-state index contributed by atoms with van der Waals surface area (Å²) in [5.41, 5.74) is 1.52. The van der Waals surface area contributed by atoms with Crippen LogP contribution in [0.15, 0.2) is 59.5 Å². The highest BCUT2D eigenvalue weighted by molar-refractivity contribution is 5.94. The predicted molar refractivity (Wildman–Crippen MR) is 101 cm³/mol. The van der Waals surface area contributed by atoms with Gasteiger partial charge in [0.2, 0.25) is 0 Å². The molecule has 1 aliphatic heterocycles. The van der Waals surface area contributed by atoms with Crippen molar-refractivity contribution in [1.29, 1.82) is 0 Å². The van der Waals surface area contributed by atoms with Crippen LogP contribution in [0.4, 0.5) is 4.39 Å². The van der Waals surface area contributed by atoms with Crippen molar-refractivity contribution in [1.82, 2.24) is 25.2 Å². The number of hydrogen-bond donors (Lipinski definition) is 1. The monoisotopic (exact) mass is 397 g/mol. The van der Waals surface area contributed by atoms with E-state index in [1.165, 1.54) is 28.3 Å². The summed E-state index contributed by atoms with van der Waals surface area (Å²) < 4.78 is 20.4. The molecule has 1 aromatic carbocycles. The highest BCUT2D eigenvalue weighted by Crippen LogP contribution is 2.24. The van der Waals surface area contributed by atoms with Crippen LogP contribution in [0.1, 0.15) is 32.8 Å². The van der Waals surface area contributed by atoms with Gasteiger partial charge in [-0.2, -0.15) is 0 Å². The number of furan rings is 1. The quantitative estimate of drug-likeness (QED) is 0.687. The second kappa shape index (κ2) is 8.26. The van der Waals surface area contributed by atoms with Crippen molar-refractivity contribution in [3.63, 3.8) is 0 Å². The highest BCUT2D eigenvalue weighted by atomic mass is 19.1. The van der Waals surface area contributed by atoms with E-state index in [-0.39, 0.29) is 43.1 Å². The first-order valence-electron chi connectivity index (χ1n) is 9.29. The van der Waals surface area contributed by atoms with Gasteiger partial charge in [0.15, 0.2) is 5.69 Å². The maximum absolute atomic E-state index is 14.0. The van der Waals surface area contributed by atoms with E-state index in [4.69, 9.17) is 4.42 Å². The third kappa shape index (κ3) is 4.34. The van der Waals surface area contributed by atoms with Gasteiger partial charge in [-0.3, -0.25) is 9.59 Å². The minimum absolute atomic E-state index is 0.0216. The van der Waals surface area contributed by atoms with Gasteiger partial charge in [-0.25, -0.2) is 9.07 Å². The predicted octanol–water partition coefficient (Wildman–Crippen LogP) is 2.05. The fourth-order valence-corrected chi connectivity index (χ4v) is 3.41. The average molecular weight is 397 g/mol. The molecule has 0 radical (unpaired) electrons. The number of halogens is 1. The molecule has 0 bridgehead atoms. The van der Waals surface area contributed by atoms with Gasteiger partial charge in [-0.15, -0.1) is 5.10 Å². The maximum Gasteiger partial charge on any atom is 0.273 e. The lowest BCUT2D eigenvalue weighted by Crippen LogP contribution is -2.38. The summed E-state index contributed by atoms with van der Waals surface area (Å²) >= 11 is 0. The van der Waals surface area contributed by atoms with E-state index >= 15 is 0 Å². The molecule has 2 aromatic heterocycles. The van der Waals surface area contributed by atoms with Crippen molar-refractivity contribution in [2.75, 3.05) is 6.54 Å². The Hall–Kier alpha value is -3.49. The van der Waals surface area contributed by atoms with E-state index in [1.807, 2.05) is 30.3 Å². The van der Waals surface area contributed by atoms with E-state index in [0.717, 1.165) is 5.56 Å². The van der Waals surface area contributed by atoms with Crippen LogP contribution in [0.5, 0.6) is 0 Å². The largest absolute Gasteiger partial charge is 0.472 e.